The van der Waals surface area contributed by atoms with Gasteiger partial charge in [-0.25, -0.2) is 9.78 Å². The molecule has 0 atom stereocenters. The SMILES string of the molecule is CCCn1c(C2CCN(OC(=O)OCc3ccccc3)CC2)nc(-c2cccc(C(F)(F)F)c2)c1-c1ccncc1. The van der Waals surface area contributed by atoms with Crippen LogP contribution < -0.4 is 0 Å². The van der Waals surface area contributed by atoms with E-state index in [1.165, 1.54) is 6.07 Å². The fourth-order valence-electron chi connectivity index (χ4n) is 5.13. The Morgan fingerprint density at radius 1 is 0.976 bits per heavy atom. The molecule has 0 N–H and O–H groups in total. The monoisotopic (exact) mass is 564 g/mol. The van der Waals surface area contributed by atoms with E-state index in [4.69, 9.17) is 14.6 Å². The van der Waals surface area contributed by atoms with Crippen molar-refractivity contribution in [2.45, 2.75) is 51.4 Å². The van der Waals surface area contributed by atoms with Crippen molar-refractivity contribution in [2.75, 3.05) is 13.1 Å². The first-order valence-electron chi connectivity index (χ1n) is 13.7. The number of hydroxylamine groups is 2. The molecule has 7 nitrogen and oxygen atoms in total. The summed E-state index contributed by atoms with van der Waals surface area (Å²) in [6, 6.07) is 18.4. The number of piperidine rings is 1. The maximum absolute atomic E-state index is 13.6. The number of hydrogen-bond donors (Lipinski definition) is 0. The van der Waals surface area contributed by atoms with Crippen LogP contribution in [0.25, 0.3) is 22.5 Å². The van der Waals surface area contributed by atoms with Gasteiger partial charge in [0.1, 0.15) is 12.4 Å². The van der Waals surface area contributed by atoms with Crippen molar-refractivity contribution in [1.82, 2.24) is 19.6 Å². The molecule has 0 amide bonds. The summed E-state index contributed by atoms with van der Waals surface area (Å²) in [4.78, 5) is 26.8. The number of carbonyl (C=O) groups is 1. The highest BCUT2D eigenvalue weighted by atomic mass is 19.4. The number of imidazole rings is 1. The van der Waals surface area contributed by atoms with Crippen LogP contribution in [-0.4, -0.2) is 38.8 Å². The number of halogens is 3. The highest BCUT2D eigenvalue weighted by Crippen LogP contribution is 2.39. The summed E-state index contributed by atoms with van der Waals surface area (Å²) in [5, 5.41) is 1.59. The van der Waals surface area contributed by atoms with Crippen LogP contribution in [0.4, 0.5) is 18.0 Å². The minimum Gasteiger partial charge on any atom is -0.428 e. The lowest BCUT2D eigenvalue weighted by Gasteiger charge is -2.30. The zero-order valence-corrected chi connectivity index (χ0v) is 22.7. The minimum atomic E-state index is -4.46. The number of nitrogens with zero attached hydrogens (tertiary/aromatic N) is 4. The van der Waals surface area contributed by atoms with Crippen molar-refractivity contribution < 1.29 is 27.5 Å². The zero-order valence-electron chi connectivity index (χ0n) is 22.7. The summed E-state index contributed by atoms with van der Waals surface area (Å²) in [5.74, 6) is 0.847. The van der Waals surface area contributed by atoms with Gasteiger partial charge in [-0.2, -0.15) is 13.2 Å². The molecule has 4 aromatic rings. The third-order valence-electron chi connectivity index (χ3n) is 7.08. The topological polar surface area (TPSA) is 69.5 Å². The molecule has 214 valence electrons. The molecule has 0 bridgehead atoms. The number of alkyl halides is 3. The fourth-order valence-corrected chi connectivity index (χ4v) is 5.13. The second-order valence-electron chi connectivity index (χ2n) is 9.95. The summed E-state index contributed by atoms with van der Waals surface area (Å²) < 4.78 is 48.1. The van der Waals surface area contributed by atoms with Crippen LogP contribution in [0.3, 0.4) is 0 Å². The highest BCUT2D eigenvalue weighted by molar-refractivity contribution is 5.79. The largest absolute Gasteiger partial charge is 0.528 e. The Hall–Kier alpha value is -4.18. The van der Waals surface area contributed by atoms with Crippen LogP contribution in [0, 0.1) is 0 Å². The second-order valence-corrected chi connectivity index (χ2v) is 9.95. The molecule has 0 aliphatic carbocycles. The molecule has 3 heterocycles. The third-order valence-corrected chi connectivity index (χ3v) is 7.08. The van der Waals surface area contributed by atoms with Crippen molar-refractivity contribution in [3.05, 3.63) is 96.1 Å². The van der Waals surface area contributed by atoms with Gasteiger partial charge >= 0.3 is 12.3 Å². The van der Waals surface area contributed by atoms with Crippen molar-refractivity contribution in [3.8, 4) is 22.5 Å². The van der Waals surface area contributed by atoms with Crippen LogP contribution in [-0.2, 0) is 28.9 Å². The molecule has 0 unspecified atom stereocenters. The lowest BCUT2D eigenvalue weighted by molar-refractivity contribution is -0.141. The van der Waals surface area contributed by atoms with Gasteiger partial charge in [0.05, 0.1) is 17.0 Å². The Balaban J connectivity index is 1.38. The van der Waals surface area contributed by atoms with E-state index in [2.05, 4.69) is 16.5 Å². The Labute approximate surface area is 236 Å². The van der Waals surface area contributed by atoms with Gasteiger partial charge in [0.2, 0.25) is 0 Å². The maximum atomic E-state index is 13.6. The Bertz CT molecular complexity index is 1450. The zero-order chi connectivity index (χ0) is 28.8. The number of ether oxygens (including phenoxy) is 1. The lowest BCUT2D eigenvalue weighted by Crippen LogP contribution is -2.35. The fraction of sp³-hybridized carbons (Fsp3) is 0.323. The van der Waals surface area contributed by atoms with Crippen LogP contribution in [0.15, 0.2) is 79.1 Å². The van der Waals surface area contributed by atoms with Crippen molar-refractivity contribution in [1.29, 1.82) is 0 Å². The molecule has 5 rings (SSSR count). The second kappa shape index (κ2) is 12.6. The summed E-state index contributed by atoms with van der Waals surface area (Å²) in [6.07, 6.45) is 0.248. The molecule has 0 radical (unpaired) electrons. The van der Waals surface area contributed by atoms with Crippen molar-refractivity contribution in [3.63, 3.8) is 0 Å². The first-order valence-corrected chi connectivity index (χ1v) is 13.7. The van der Waals surface area contributed by atoms with E-state index in [0.29, 0.717) is 43.7 Å². The Morgan fingerprint density at radius 3 is 2.39 bits per heavy atom. The average molecular weight is 565 g/mol. The first-order chi connectivity index (χ1) is 19.8. The van der Waals surface area contributed by atoms with E-state index in [9.17, 15) is 18.0 Å². The van der Waals surface area contributed by atoms with Gasteiger partial charge < -0.3 is 14.1 Å². The van der Waals surface area contributed by atoms with Crippen LogP contribution in [0.5, 0.6) is 0 Å². The first kappa shape index (κ1) is 28.4. The summed E-state index contributed by atoms with van der Waals surface area (Å²) in [7, 11) is 0. The normalized spacial score (nSPS) is 14.6. The number of pyridine rings is 1. The molecule has 1 aliphatic heterocycles. The molecule has 10 heteroatoms. The van der Waals surface area contributed by atoms with E-state index in [1.54, 1.807) is 23.5 Å². The maximum Gasteiger partial charge on any atom is 0.528 e. The van der Waals surface area contributed by atoms with Gasteiger partial charge in [-0.3, -0.25) is 4.98 Å². The predicted octanol–water partition coefficient (Wildman–Crippen LogP) is 7.49. The quantitative estimate of drug-likeness (QED) is 0.207. The lowest BCUT2D eigenvalue weighted by atomic mass is 9.97. The van der Waals surface area contributed by atoms with E-state index >= 15 is 0 Å². The molecule has 2 aromatic heterocycles. The van der Waals surface area contributed by atoms with Gasteiger partial charge in [0.25, 0.3) is 0 Å². The van der Waals surface area contributed by atoms with E-state index in [-0.39, 0.29) is 12.5 Å². The molecule has 1 fully saturated rings. The standard InChI is InChI=1S/C31H31F3N4O3/c1-2-17-38-28(23-11-15-35-16-12-23)27(25-9-6-10-26(20-25)31(32,33)34)36-29(38)24-13-18-37(19-14-24)41-30(39)40-21-22-7-4-3-5-8-22/h3-12,15-16,20,24H,2,13-14,17-19,21H2,1H3. The van der Waals surface area contributed by atoms with Crippen molar-refractivity contribution >= 4 is 6.16 Å². The predicted molar refractivity (Wildman–Crippen MR) is 147 cm³/mol. The third kappa shape index (κ3) is 6.77. The van der Waals surface area contributed by atoms with Crippen LogP contribution in [0.2, 0.25) is 0 Å². The molecule has 1 saturated heterocycles. The van der Waals surface area contributed by atoms with Gasteiger partial charge in [-0.1, -0.05) is 49.4 Å². The van der Waals surface area contributed by atoms with Crippen LogP contribution >= 0.6 is 0 Å². The number of carbonyl (C=O) groups excluding carboxylic acids is 1. The average Bonchev–Trinajstić information content (AvgIpc) is 3.36. The van der Waals surface area contributed by atoms with E-state index < -0.39 is 17.9 Å². The minimum absolute atomic E-state index is 0.0295. The molecule has 2 aromatic carbocycles. The van der Waals surface area contributed by atoms with Gasteiger partial charge in [0, 0.05) is 49.1 Å². The van der Waals surface area contributed by atoms with E-state index in [0.717, 1.165) is 41.2 Å². The molecule has 41 heavy (non-hydrogen) atoms. The molecule has 0 spiro atoms. The highest BCUT2D eigenvalue weighted by Gasteiger charge is 2.33. The molecule has 0 saturated carbocycles. The number of benzene rings is 2. The molecular weight excluding hydrogens is 533 g/mol. The smallest absolute Gasteiger partial charge is 0.428 e. The van der Waals surface area contributed by atoms with Crippen LogP contribution in [0.1, 0.15) is 49.1 Å². The summed E-state index contributed by atoms with van der Waals surface area (Å²) in [5.41, 5.74) is 2.67. The Kier molecular flexibility index (Phi) is 8.68. The molecule has 1 aliphatic rings. The van der Waals surface area contributed by atoms with Crippen molar-refractivity contribution in [2.24, 2.45) is 0 Å². The number of hydrogen-bond acceptors (Lipinski definition) is 6. The Morgan fingerprint density at radius 2 is 1.71 bits per heavy atom. The summed E-state index contributed by atoms with van der Waals surface area (Å²) in [6.45, 7) is 3.80. The number of rotatable bonds is 8. The van der Waals surface area contributed by atoms with Gasteiger partial charge in [0.15, 0.2) is 0 Å². The van der Waals surface area contributed by atoms with E-state index in [1.807, 2.05) is 42.5 Å². The van der Waals surface area contributed by atoms with Gasteiger partial charge in [-0.05, 0) is 49.1 Å². The summed E-state index contributed by atoms with van der Waals surface area (Å²) >= 11 is 0. The number of aromatic nitrogens is 3. The molecular formula is C31H31F3N4O3. The van der Waals surface area contributed by atoms with Gasteiger partial charge in [-0.15, -0.1) is 5.06 Å².